The van der Waals surface area contributed by atoms with Crippen molar-refractivity contribution in [3.05, 3.63) is 52.5 Å². The number of thiophene rings is 1. The number of aliphatic hydroxyl groups is 1. The Kier molecular flexibility index (Phi) is 6.01. The molecule has 1 unspecified atom stereocenters. The predicted molar refractivity (Wildman–Crippen MR) is 94.2 cm³/mol. The minimum absolute atomic E-state index is 0.0521. The summed E-state index contributed by atoms with van der Waals surface area (Å²) >= 11 is 1.55. The minimum atomic E-state index is -0.482. The number of rotatable bonds is 6. The van der Waals surface area contributed by atoms with Crippen LogP contribution in [0.1, 0.15) is 11.0 Å². The third-order valence-corrected chi connectivity index (χ3v) is 5.18. The van der Waals surface area contributed by atoms with E-state index in [1.807, 2.05) is 17.5 Å². The van der Waals surface area contributed by atoms with Gasteiger partial charge in [0, 0.05) is 37.6 Å². The maximum atomic E-state index is 12.8. The Hall–Kier alpha value is -1.96. The second kappa shape index (κ2) is 8.42. The number of ether oxygens (including phenoxy) is 1. The number of halogens is 1. The number of hydrogen-bond acceptors (Lipinski definition) is 5. The highest BCUT2D eigenvalue weighted by Crippen LogP contribution is 2.20. The van der Waals surface area contributed by atoms with Gasteiger partial charge in [0.25, 0.3) is 5.91 Å². The van der Waals surface area contributed by atoms with Crippen molar-refractivity contribution in [3.8, 4) is 5.75 Å². The van der Waals surface area contributed by atoms with E-state index in [-0.39, 0.29) is 18.3 Å². The molecule has 1 aliphatic rings. The van der Waals surface area contributed by atoms with Crippen molar-refractivity contribution in [2.45, 2.75) is 6.10 Å². The predicted octanol–water partition coefficient (Wildman–Crippen LogP) is 2.14. The van der Waals surface area contributed by atoms with Crippen LogP contribution < -0.4 is 4.74 Å². The van der Waals surface area contributed by atoms with Crippen molar-refractivity contribution < 1.29 is 19.0 Å². The number of hydrogen-bond donors (Lipinski definition) is 1. The summed E-state index contributed by atoms with van der Waals surface area (Å²) in [4.78, 5) is 17.1. The second-order valence-corrected chi connectivity index (χ2v) is 6.93. The van der Waals surface area contributed by atoms with Gasteiger partial charge in [-0.2, -0.15) is 0 Å². The molecular formula is C18H21FN2O3S. The van der Waals surface area contributed by atoms with Gasteiger partial charge in [-0.1, -0.05) is 6.07 Å². The molecule has 0 spiro atoms. The van der Waals surface area contributed by atoms with E-state index in [9.17, 15) is 14.3 Å². The molecule has 7 heteroatoms. The van der Waals surface area contributed by atoms with Crippen LogP contribution in [-0.2, 0) is 4.79 Å². The normalized spacial score (nSPS) is 16.6. The zero-order valence-corrected chi connectivity index (χ0v) is 14.6. The quantitative estimate of drug-likeness (QED) is 0.853. The number of aliphatic hydroxyl groups excluding tert-OH is 1. The van der Waals surface area contributed by atoms with Gasteiger partial charge in [-0.3, -0.25) is 9.69 Å². The monoisotopic (exact) mass is 364 g/mol. The fourth-order valence-corrected chi connectivity index (χ4v) is 3.47. The molecule has 0 bridgehead atoms. The molecule has 1 aromatic heterocycles. The fourth-order valence-electron chi connectivity index (χ4n) is 2.76. The van der Waals surface area contributed by atoms with Crippen LogP contribution in [0.25, 0.3) is 0 Å². The SMILES string of the molecule is O=C(COc1ccc(F)cc1)N1CCN(CC(O)c2cccs2)CC1. The van der Waals surface area contributed by atoms with Crippen molar-refractivity contribution in [2.24, 2.45) is 0 Å². The Morgan fingerprint density at radius 1 is 1.20 bits per heavy atom. The van der Waals surface area contributed by atoms with E-state index < -0.39 is 6.10 Å². The highest BCUT2D eigenvalue weighted by molar-refractivity contribution is 7.10. The standard InChI is InChI=1S/C18H21FN2O3S/c19-14-3-5-15(6-4-14)24-13-18(23)21-9-7-20(8-10-21)12-16(22)17-2-1-11-25-17/h1-6,11,16,22H,7-10,12-13H2. The van der Waals surface area contributed by atoms with Gasteiger partial charge in [-0.15, -0.1) is 11.3 Å². The smallest absolute Gasteiger partial charge is 0.260 e. The lowest BCUT2D eigenvalue weighted by atomic mass is 10.2. The first-order valence-corrected chi connectivity index (χ1v) is 9.10. The molecule has 3 rings (SSSR count). The first-order chi connectivity index (χ1) is 12.1. The van der Waals surface area contributed by atoms with Crippen molar-refractivity contribution in [1.82, 2.24) is 9.80 Å². The molecule has 0 saturated carbocycles. The number of piperazine rings is 1. The summed E-state index contributed by atoms with van der Waals surface area (Å²) in [6.45, 7) is 3.21. The highest BCUT2D eigenvalue weighted by Gasteiger charge is 2.23. The lowest BCUT2D eigenvalue weighted by molar-refractivity contribution is -0.135. The molecule has 1 atom stereocenters. The first-order valence-electron chi connectivity index (χ1n) is 8.22. The van der Waals surface area contributed by atoms with Gasteiger partial charge in [0.15, 0.2) is 6.61 Å². The van der Waals surface area contributed by atoms with E-state index in [4.69, 9.17) is 4.74 Å². The van der Waals surface area contributed by atoms with Gasteiger partial charge in [0.2, 0.25) is 0 Å². The lowest BCUT2D eigenvalue weighted by Gasteiger charge is -2.35. The molecule has 2 heterocycles. The zero-order chi connectivity index (χ0) is 17.6. The molecule has 0 radical (unpaired) electrons. The molecule has 1 aliphatic heterocycles. The van der Waals surface area contributed by atoms with Crippen LogP contribution in [-0.4, -0.2) is 60.1 Å². The number of carbonyl (C=O) groups is 1. The van der Waals surface area contributed by atoms with Gasteiger partial charge in [-0.25, -0.2) is 4.39 Å². The third-order valence-electron chi connectivity index (χ3n) is 4.20. The van der Waals surface area contributed by atoms with E-state index in [2.05, 4.69) is 4.90 Å². The molecule has 2 aromatic rings. The Morgan fingerprint density at radius 3 is 2.56 bits per heavy atom. The molecule has 1 saturated heterocycles. The molecular weight excluding hydrogens is 343 g/mol. The topological polar surface area (TPSA) is 53.0 Å². The maximum Gasteiger partial charge on any atom is 0.260 e. The molecule has 134 valence electrons. The summed E-state index contributed by atoms with van der Waals surface area (Å²) in [7, 11) is 0. The van der Waals surface area contributed by atoms with Crippen molar-refractivity contribution in [1.29, 1.82) is 0 Å². The number of carbonyl (C=O) groups excluding carboxylic acids is 1. The Balaban J connectivity index is 1.40. The van der Waals surface area contributed by atoms with Gasteiger partial charge in [0.1, 0.15) is 17.7 Å². The first kappa shape index (κ1) is 17.8. The van der Waals surface area contributed by atoms with E-state index in [1.165, 1.54) is 24.3 Å². The number of benzene rings is 1. The van der Waals surface area contributed by atoms with E-state index in [0.717, 1.165) is 18.0 Å². The van der Waals surface area contributed by atoms with E-state index >= 15 is 0 Å². The Bertz CT molecular complexity index is 670. The molecule has 25 heavy (non-hydrogen) atoms. The Morgan fingerprint density at radius 2 is 1.92 bits per heavy atom. The number of amides is 1. The number of β-amino-alcohol motifs (C(OH)–C–C–N with tert-alkyl or cyclic N) is 1. The summed E-state index contributed by atoms with van der Waals surface area (Å²) in [5, 5.41) is 12.2. The molecule has 1 N–H and O–H groups in total. The van der Waals surface area contributed by atoms with Gasteiger partial charge in [-0.05, 0) is 35.7 Å². The van der Waals surface area contributed by atoms with Crippen LogP contribution in [0.4, 0.5) is 4.39 Å². The van der Waals surface area contributed by atoms with Crippen molar-refractivity contribution in [2.75, 3.05) is 39.3 Å². The molecule has 0 aliphatic carbocycles. The third kappa shape index (κ3) is 5.01. The van der Waals surface area contributed by atoms with Gasteiger partial charge < -0.3 is 14.7 Å². The molecule has 1 aromatic carbocycles. The van der Waals surface area contributed by atoms with Gasteiger partial charge >= 0.3 is 0 Å². The van der Waals surface area contributed by atoms with Crippen LogP contribution >= 0.6 is 11.3 Å². The summed E-state index contributed by atoms with van der Waals surface area (Å²) in [6.07, 6.45) is -0.482. The second-order valence-electron chi connectivity index (χ2n) is 5.96. The summed E-state index contributed by atoms with van der Waals surface area (Å²) in [5.74, 6) is 0.0646. The summed E-state index contributed by atoms with van der Waals surface area (Å²) < 4.78 is 18.2. The van der Waals surface area contributed by atoms with Crippen molar-refractivity contribution >= 4 is 17.2 Å². The lowest BCUT2D eigenvalue weighted by Crippen LogP contribution is -2.50. The van der Waals surface area contributed by atoms with Crippen LogP contribution in [0, 0.1) is 5.82 Å². The van der Waals surface area contributed by atoms with Crippen LogP contribution in [0.15, 0.2) is 41.8 Å². The molecule has 5 nitrogen and oxygen atoms in total. The van der Waals surface area contributed by atoms with E-state index in [0.29, 0.717) is 25.4 Å². The zero-order valence-electron chi connectivity index (χ0n) is 13.8. The average Bonchev–Trinajstić information content (AvgIpc) is 3.16. The molecule has 1 fully saturated rings. The largest absolute Gasteiger partial charge is 0.484 e. The Labute approximate surface area is 150 Å². The molecule has 1 amide bonds. The summed E-state index contributed by atoms with van der Waals surface area (Å²) in [5.41, 5.74) is 0. The average molecular weight is 364 g/mol. The number of nitrogens with zero attached hydrogens (tertiary/aromatic N) is 2. The van der Waals surface area contributed by atoms with E-state index in [1.54, 1.807) is 16.2 Å². The highest BCUT2D eigenvalue weighted by atomic mass is 32.1. The van der Waals surface area contributed by atoms with Gasteiger partial charge in [0.05, 0.1) is 0 Å². The van der Waals surface area contributed by atoms with Crippen LogP contribution in [0.2, 0.25) is 0 Å². The van der Waals surface area contributed by atoms with Crippen LogP contribution in [0.3, 0.4) is 0 Å². The maximum absolute atomic E-state index is 12.8. The minimum Gasteiger partial charge on any atom is -0.484 e. The summed E-state index contributed by atoms with van der Waals surface area (Å²) in [6, 6.07) is 9.48. The van der Waals surface area contributed by atoms with Crippen molar-refractivity contribution in [3.63, 3.8) is 0 Å². The fraction of sp³-hybridized carbons (Fsp3) is 0.389. The van der Waals surface area contributed by atoms with Crippen LogP contribution in [0.5, 0.6) is 5.75 Å².